The van der Waals surface area contributed by atoms with Gasteiger partial charge in [-0.05, 0) is 43.4 Å². The van der Waals surface area contributed by atoms with Gasteiger partial charge in [0.15, 0.2) is 11.5 Å². The Balaban J connectivity index is 1.40. The summed E-state index contributed by atoms with van der Waals surface area (Å²) in [5.41, 5.74) is 0.835. The minimum atomic E-state index is -0.324. The van der Waals surface area contributed by atoms with E-state index in [0.717, 1.165) is 23.8 Å². The molecule has 3 aliphatic rings. The van der Waals surface area contributed by atoms with Crippen molar-refractivity contribution < 1.29 is 19.1 Å². The van der Waals surface area contributed by atoms with Crippen molar-refractivity contribution in [2.75, 3.05) is 19.9 Å². The van der Waals surface area contributed by atoms with Crippen LogP contribution in [-0.2, 0) is 0 Å². The minimum absolute atomic E-state index is 0.0101. The van der Waals surface area contributed by atoms with Crippen LogP contribution in [0.1, 0.15) is 31.2 Å². The van der Waals surface area contributed by atoms with Crippen molar-refractivity contribution in [1.82, 2.24) is 15.0 Å². The average molecular weight is 329 g/mol. The number of fused-ring (bicyclic) bond motifs is 1. The van der Waals surface area contributed by atoms with Gasteiger partial charge in [-0.1, -0.05) is 5.16 Å². The maximum Gasteiger partial charge on any atom is 0.244 e. The lowest BCUT2D eigenvalue weighted by atomic mass is 10.2. The molecule has 1 saturated heterocycles. The quantitative estimate of drug-likeness (QED) is 0.918. The van der Waals surface area contributed by atoms with Crippen LogP contribution in [0.2, 0.25) is 0 Å². The van der Waals surface area contributed by atoms with Gasteiger partial charge in [0.25, 0.3) is 0 Å². The summed E-state index contributed by atoms with van der Waals surface area (Å²) in [6.07, 6.45) is 2.89. The van der Waals surface area contributed by atoms with Crippen molar-refractivity contribution in [3.8, 4) is 22.9 Å². The summed E-state index contributed by atoms with van der Waals surface area (Å²) in [4.78, 5) is 6.85. The van der Waals surface area contributed by atoms with Crippen LogP contribution in [0, 0.1) is 5.92 Å². The van der Waals surface area contributed by atoms with Crippen molar-refractivity contribution in [3.63, 3.8) is 0 Å². The molecule has 2 aromatic rings. The highest BCUT2D eigenvalue weighted by Crippen LogP contribution is 2.39. The number of aliphatic hydroxyl groups excluding tert-OH is 1. The molecular formula is C17H19N3O4. The van der Waals surface area contributed by atoms with E-state index in [-0.39, 0.29) is 18.9 Å². The predicted molar refractivity (Wildman–Crippen MR) is 83.5 cm³/mol. The van der Waals surface area contributed by atoms with Crippen LogP contribution in [0.25, 0.3) is 11.4 Å². The number of nitrogens with zero attached hydrogens (tertiary/aromatic N) is 3. The monoisotopic (exact) mass is 329 g/mol. The molecule has 0 amide bonds. The Bertz CT molecular complexity index is 758. The Hall–Kier alpha value is -2.12. The van der Waals surface area contributed by atoms with Crippen molar-refractivity contribution >= 4 is 0 Å². The highest BCUT2D eigenvalue weighted by atomic mass is 16.7. The van der Waals surface area contributed by atoms with Gasteiger partial charge in [0.05, 0.1) is 12.1 Å². The third-order valence-electron chi connectivity index (χ3n) is 4.93. The topological polar surface area (TPSA) is 80.9 Å². The molecule has 1 aliphatic carbocycles. The van der Waals surface area contributed by atoms with Crippen LogP contribution in [0.5, 0.6) is 11.5 Å². The Morgan fingerprint density at radius 3 is 2.96 bits per heavy atom. The Kier molecular flexibility index (Phi) is 3.24. The van der Waals surface area contributed by atoms with E-state index in [1.54, 1.807) is 0 Å². The molecule has 1 aromatic carbocycles. The molecule has 7 nitrogen and oxygen atoms in total. The molecule has 1 N–H and O–H groups in total. The Morgan fingerprint density at radius 1 is 1.21 bits per heavy atom. The van der Waals surface area contributed by atoms with Gasteiger partial charge in [0.2, 0.25) is 18.5 Å². The number of benzene rings is 1. The van der Waals surface area contributed by atoms with E-state index < -0.39 is 0 Å². The van der Waals surface area contributed by atoms with Gasteiger partial charge in [0, 0.05) is 18.7 Å². The molecular weight excluding hydrogens is 310 g/mol. The van der Waals surface area contributed by atoms with E-state index in [2.05, 4.69) is 15.0 Å². The van der Waals surface area contributed by atoms with E-state index >= 15 is 0 Å². The Morgan fingerprint density at radius 2 is 2.08 bits per heavy atom. The van der Waals surface area contributed by atoms with Gasteiger partial charge in [-0.3, -0.25) is 4.90 Å². The number of ether oxygens (including phenoxy) is 2. The number of rotatable bonds is 4. The van der Waals surface area contributed by atoms with E-state index in [4.69, 9.17) is 14.0 Å². The lowest BCUT2D eigenvalue weighted by Gasteiger charge is -2.20. The predicted octanol–water partition coefficient (Wildman–Crippen LogP) is 1.98. The van der Waals surface area contributed by atoms with Crippen LogP contribution in [0.15, 0.2) is 22.7 Å². The second-order valence-electron chi connectivity index (χ2n) is 6.83. The molecule has 7 heteroatoms. The summed E-state index contributed by atoms with van der Waals surface area (Å²) in [6, 6.07) is 5.62. The number of aromatic nitrogens is 2. The molecule has 3 heterocycles. The molecule has 5 rings (SSSR count). The fourth-order valence-corrected chi connectivity index (χ4v) is 3.49. The largest absolute Gasteiger partial charge is 0.454 e. The summed E-state index contributed by atoms with van der Waals surface area (Å²) >= 11 is 0. The second kappa shape index (κ2) is 5.46. The van der Waals surface area contributed by atoms with Gasteiger partial charge in [0.1, 0.15) is 0 Å². The molecule has 126 valence electrons. The molecule has 24 heavy (non-hydrogen) atoms. The number of β-amino-alcohol motifs (C(OH)–C–C–N with tert-alkyl or cyclic N) is 1. The van der Waals surface area contributed by atoms with E-state index in [1.165, 1.54) is 12.8 Å². The lowest BCUT2D eigenvalue weighted by Crippen LogP contribution is -2.27. The molecule has 0 spiro atoms. The zero-order chi connectivity index (χ0) is 16.1. The standard InChI is InChI=1S/C17H19N3O4/c21-12-6-13(20(8-12)7-10-1-2-10)17-18-16(19-24-17)11-3-4-14-15(5-11)23-9-22-14/h3-5,10,12-13,21H,1-2,6-9H2. The normalized spacial score (nSPS) is 26.2. The van der Waals surface area contributed by atoms with Gasteiger partial charge in [-0.15, -0.1) is 0 Å². The van der Waals surface area contributed by atoms with Crippen molar-refractivity contribution in [1.29, 1.82) is 0 Å². The summed E-state index contributed by atoms with van der Waals surface area (Å²) in [5, 5.41) is 14.2. The van der Waals surface area contributed by atoms with E-state index in [1.807, 2.05) is 18.2 Å². The van der Waals surface area contributed by atoms with Gasteiger partial charge < -0.3 is 19.1 Å². The zero-order valence-electron chi connectivity index (χ0n) is 13.2. The van der Waals surface area contributed by atoms with Gasteiger partial charge in [-0.2, -0.15) is 4.98 Å². The molecule has 2 unspecified atom stereocenters. The number of aliphatic hydroxyl groups is 1. The molecule has 1 saturated carbocycles. The minimum Gasteiger partial charge on any atom is -0.454 e. The molecule has 2 fully saturated rings. The SMILES string of the molecule is OC1CC(c2nc(-c3ccc4c(c3)OCO4)no2)N(CC2CC2)C1. The van der Waals surface area contributed by atoms with Crippen molar-refractivity contribution in [2.24, 2.45) is 5.92 Å². The summed E-state index contributed by atoms with van der Waals surface area (Å²) in [7, 11) is 0. The molecule has 0 radical (unpaired) electrons. The molecule has 2 aliphatic heterocycles. The second-order valence-corrected chi connectivity index (χ2v) is 6.83. The highest BCUT2D eigenvalue weighted by molar-refractivity contribution is 5.61. The first-order valence-corrected chi connectivity index (χ1v) is 8.42. The van der Waals surface area contributed by atoms with Crippen molar-refractivity contribution in [3.05, 3.63) is 24.1 Å². The van der Waals surface area contributed by atoms with Gasteiger partial charge in [-0.25, -0.2) is 0 Å². The molecule has 2 atom stereocenters. The summed E-state index contributed by atoms with van der Waals surface area (Å²) < 4.78 is 16.2. The van der Waals surface area contributed by atoms with Gasteiger partial charge >= 0.3 is 0 Å². The number of hydrogen-bond acceptors (Lipinski definition) is 7. The first-order chi connectivity index (χ1) is 11.8. The lowest BCUT2D eigenvalue weighted by molar-refractivity contribution is 0.170. The van der Waals surface area contributed by atoms with Crippen LogP contribution < -0.4 is 9.47 Å². The number of likely N-dealkylation sites (tertiary alicyclic amines) is 1. The first kappa shape index (κ1) is 14.2. The maximum absolute atomic E-state index is 10.0. The smallest absolute Gasteiger partial charge is 0.244 e. The first-order valence-electron chi connectivity index (χ1n) is 8.42. The van der Waals surface area contributed by atoms with E-state index in [0.29, 0.717) is 30.4 Å². The van der Waals surface area contributed by atoms with Crippen molar-refractivity contribution in [2.45, 2.75) is 31.4 Å². The fraction of sp³-hybridized carbons (Fsp3) is 0.529. The summed E-state index contributed by atoms with van der Waals surface area (Å²) in [6.45, 7) is 1.93. The highest BCUT2D eigenvalue weighted by Gasteiger charge is 2.38. The Labute approximate surface area is 139 Å². The van der Waals surface area contributed by atoms with Crippen LogP contribution in [0.3, 0.4) is 0 Å². The zero-order valence-corrected chi connectivity index (χ0v) is 13.2. The molecule has 0 bridgehead atoms. The molecule has 1 aromatic heterocycles. The third-order valence-corrected chi connectivity index (χ3v) is 4.93. The average Bonchev–Trinajstić information content (AvgIpc) is 3.00. The summed E-state index contributed by atoms with van der Waals surface area (Å²) in [5.74, 6) is 3.31. The van der Waals surface area contributed by atoms with Crippen LogP contribution >= 0.6 is 0 Å². The van der Waals surface area contributed by atoms with Crippen LogP contribution in [-0.4, -0.2) is 46.1 Å². The fourth-order valence-electron chi connectivity index (χ4n) is 3.49. The van der Waals surface area contributed by atoms with E-state index in [9.17, 15) is 5.11 Å². The number of hydrogen-bond donors (Lipinski definition) is 1. The van der Waals surface area contributed by atoms with Crippen LogP contribution in [0.4, 0.5) is 0 Å². The third kappa shape index (κ3) is 2.53. The maximum atomic E-state index is 10.0.